The van der Waals surface area contributed by atoms with E-state index >= 15 is 0 Å². The van der Waals surface area contributed by atoms with E-state index in [1.165, 1.54) is 12.9 Å². The van der Waals surface area contributed by atoms with Gasteiger partial charge in [-0.15, -0.1) is 0 Å². The van der Waals surface area contributed by atoms with E-state index < -0.39 is 0 Å². The number of ether oxygens (including phenoxy) is 1. The highest BCUT2D eigenvalue weighted by Gasteiger charge is 2.21. The fraction of sp³-hybridized carbons (Fsp3) is 0.857. The van der Waals surface area contributed by atoms with Crippen LogP contribution in [-0.4, -0.2) is 24.6 Å². The fourth-order valence-electron chi connectivity index (χ4n) is 1.09. The van der Waals surface area contributed by atoms with Crippen LogP contribution in [0.25, 0.3) is 0 Å². The molecule has 0 N–H and O–H groups in total. The van der Waals surface area contributed by atoms with Gasteiger partial charge in [0.1, 0.15) is 0 Å². The van der Waals surface area contributed by atoms with Crippen molar-refractivity contribution < 1.29 is 9.53 Å². The highest BCUT2D eigenvalue weighted by atomic mass is 32.2. The Hall–Kier alpha value is -0.180. The Bertz CT molecular complexity index is 119. The third-order valence-electron chi connectivity index (χ3n) is 1.69. The van der Waals surface area contributed by atoms with Crippen LogP contribution >= 0.6 is 11.8 Å². The molecule has 0 saturated carbocycles. The van der Waals surface area contributed by atoms with Crippen molar-refractivity contribution in [2.75, 3.05) is 18.6 Å². The molecule has 1 fully saturated rings. The molecule has 1 aliphatic heterocycles. The van der Waals surface area contributed by atoms with E-state index in [0.717, 1.165) is 18.6 Å². The number of hydrogen-bond donors (Lipinski definition) is 0. The molecule has 0 radical (unpaired) electrons. The molecule has 58 valence electrons. The quantitative estimate of drug-likeness (QED) is 0.541. The molecule has 1 aliphatic rings. The number of carbonyl (C=O) groups excluding carboxylic acids is 1. The van der Waals surface area contributed by atoms with Gasteiger partial charge in [-0.2, -0.15) is 11.8 Å². The summed E-state index contributed by atoms with van der Waals surface area (Å²) in [5, 5.41) is 0. The van der Waals surface area contributed by atoms with Crippen molar-refractivity contribution in [3.05, 3.63) is 0 Å². The van der Waals surface area contributed by atoms with Gasteiger partial charge in [0.15, 0.2) is 0 Å². The number of rotatable bonds is 1. The van der Waals surface area contributed by atoms with Gasteiger partial charge in [-0.3, -0.25) is 4.79 Å². The molecular formula is C7H12O2S. The van der Waals surface area contributed by atoms with E-state index in [1.54, 1.807) is 0 Å². The molecule has 0 amide bonds. The Morgan fingerprint density at radius 1 is 1.70 bits per heavy atom. The second-order valence-electron chi connectivity index (χ2n) is 2.44. The molecule has 1 saturated heterocycles. The number of thioether (sulfide) groups is 1. The monoisotopic (exact) mass is 160 g/mol. The molecule has 1 heterocycles. The minimum atomic E-state index is -0.0350. The summed E-state index contributed by atoms with van der Waals surface area (Å²) in [6, 6.07) is 0. The lowest BCUT2D eigenvalue weighted by atomic mass is 10.1. The van der Waals surface area contributed by atoms with Crippen LogP contribution in [-0.2, 0) is 9.53 Å². The molecule has 0 unspecified atom stereocenters. The molecule has 2 nitrogen and oxygen atoms in total. The first-order valence-corrected chi connectivity index (χ1v) is 4.65. The summed E-state index contributed by atoms with van der Waals surface area (Å²) in [5.74, 6) is 2.29. The highest BCUT2D eigenvalue weighted by molar-refractivity contribution is 7.99. The zero-order valence-corrected chi connectivity index (χ0v) is 6.95. The molecule has 0 aromatic carbocycles. The SMILES string of the molecule is COC(=O)[C@H]1CCCSC1. The maximum Gasteiger partial charge on any atom is 0.309 e. The summed E-state index contributed by atoms with van der Waals surface area (Å²) in [5.41, 5.74) is 0. The van der Waals surface area contributed by atoms with Crippen LogP contribution in [0.3, 0.4) is 0 Å². The lowest BCUT2D eigenvalue weighted by molar-refractivity contribution is -0.144. The summed E-state index contributed by atoms with van der Waals surface area (Å²) >= 11 is 1.85. The second kappa shape index (κ2) is 3.86. The number of methoxy groups -OCH3 is 1. The average molecular weight is 160 g/mol. The average Bonchev–Trinajstić information content (AvgIpc) is 2.05. The molecular weight excluding hydrogens is 148 g/mol. The van der Waals surface area contributed by atoms with Gasteiger partial charge < -0.3 is 4.74 Å². The standard InChI is InChI=1S/C7H12O2S/c1-9-7(8)6-3-2-4-10-5-6/h6H,2-5H2,1H3/t6-/m0/s1. The van der Waals surface area contributed by atoms with E-state index in [0.29, 0.717) is 0 Å². The fourth-order valence-corrected chi connectivity index (χ4v) is 2.22. The van der Waals surface area contributed by atoms with Crippen LogP contribution in [0, 0.1) is 5.92 Å². The minimum Gasteiger partial charge on any atom is -0.469 e. The molecule has 0 aromatic heterocycles. The summed E-state index contributed by atoms with van der Waals surface area (Å²) in [6.07, 6.45) is 2.17. The van der Waals surface area contributed by atoms with Gasteiger partial charge in [-0.25, -0.2) is 0 Å². The predicted octanol–water partition coefficient (Wildman–Crippen LogP) is 1.30. The van der Waals surface area contributed by atoms with Crippen LogP contribution in [0.4, 0.5) is 0 Å². The Morgan fingerprint density at radius 3 is 3.00 bits per heavy atom. The van der Waals surface area contributed by atoms with Gasteiger partial charge in [0.05, 0.1) is 13.0 Å². The lowest BCUT2D eigenvalue weighted by Gasteiger charge is -2.18. The Morgan fingerprint density at radius 2 is 2.50 bits per heavy atom. The summed E-state index contributed by atoms with van der Waals surface area (Å²) in [6.45, 7) is 0. The van der Waals surface area contributed by atoms with Crippen molar-refractivity contribution in [3.8, 4) is 0 Å². The van der Waals surface area contributed by atoms with Gasteiger partial charge >= 0.3 is 5.97 Å². The topological polar surface area (TPSA) is 26.3 Å². The van der Waals surface area contributed by atoms with Crippen molar-refractivity contribution in [1.82, 2.24) is 0 Å². The smallest absolute Gasteiger partial charge is 0.309 e. The van der Waals surface area contributed by atoms with Gasteiger partial charge in [-0.05, 0) is 18.6 Å². The zero-order valence-electron chi connectivity index (χ0n) is 6.13. The van der Waals surface area contributed by atoms with Gasteiger partial charge in [-0.1, -0.05) is 0 Å². The first-order valence-electron chi connectivity index (χ1n) is 3.50. The normalized spacial score (nSPS) is 25.9. The second-order valence-corrected chi connectivity index (χ2v) is 3.59. The van der Waals surface area contributed by atoms with Crippen molar-refractivity contribution in [2.45, 2.75) is 12.8 Å². The van der Waals surface area contributed by atoms with Crippen molar-refractivity contribution in [3.63, 3.8) is 0 Å². The van der Waals surface area contributed by atoms with Crippen LogP contribution in [0.5, 0.6) is 0 Å². The highest BCUT2D eigenvalue weighted by Crippen LogP contribution is 2.23. The first kappa shape index (κ1) is 7.92. The molecule has 0 bridgehead atoms. The summed E-state index contributed by atoms with van der Waals surface area (Å²) < 4.78 is 4.64. The summed E-state index contributed by atoms with van der Waals surface area (Å²) in [4.78, 5) is 10.9. The molecule has 0 aromatic rings. The predicted molar refractivity (Wildman–Crippen MR) is 42.1 cm³/mol. The van der Waals surface area contributed by atoms with E-state index in [2.05, 4.69) is 4.74 Å². The maximum atomic E-state index is 10.9. The Kier molecular flexibility index (Phi) is 3.06. The number of esters is 1. The Balaban J connectivity index is 2.31. The van der Waals surface area contributed by atoms with E-state index in [9.17, 15) is 4.79 Å². The molecule has 3 heteroatoms. The number of carbonyl (C=O) groups is 1. The minimum absolute atomic E-state index is 0.0350. The molecule has 1 rings (SSSR count). The molecule has 0 spiro atoms. The third kappa shape index (κ3) is 1.90. The van der Waals surface area contributed by atoms with Crippen LogP contribution in [0.2, 0.25) is 0 Å². The van der Waals surface area contributed by atoms with E-state index in [1.807, 2.05) is 11.8 Å². The molecule has 0 aliphatic carbocycles. The largest absolute Gasteiger partial charge is 0.469 e. The molecule has 1 atom stereocenters. The van der Waals surface area contributed by atoms with E-state index in [-0.39, 0.29) is 11.9 Å². The molecule has 10 heavy (non-hydrogen) atoms. The third-order valence-corrected chi connectivity index (χ3v) is 2.91. The zero-order chi connectivity index (χ0) is 7.40. The maximum absolute atomic E-state index is 10.9. The van der Waals surface area contributed by atoms with Gasteiger partial charge in [0.2, 0.25) is 0 Å². The lowest BCUT2D eigenvalue weighted by Crippen LogP contribution is -2.21. The van der Waals surface area contributed by atoms with Gasteiger partial charge in [0.25, 0.3) is 0 Å². The van der Waals surface area contributed by atoms with E-state index in [4.69, 9.17) is 0 Å². The van der Waals surface area contributed by atoms with Crippen LogP contribution < -0.4 is 0 Å². The number of hydrogen-bond acceptors (Lipinski definition) is 3. The first-order chi connectivity index (χ1) is 4.84. The van der Waals surface area contributed by atoms with Crippen LogP contribution in [0.15, 0.2) is 0 Å². The van der Waals surface area contributed by atoms with Crippen molar-refractivity contribution in [2.24, 2.45) is 5.92 Å². The van der Waals surface area contributed by atoms with Crippen molar-refractivity contribution >= 4 is 17.7 Å². The van der Waals surface area contributed by atoms with Crippen LogP contribution in [0.1, 0.15) is 12.8 Å². The summed E-state index contributed by atoms with van der Waals surface area (Å²) in [7, 11) is 1.46. The van der Waals surface area contributed by atoms with Crippen molar-refractivity contribution in [1.29, 1.82) is 0 Å². The Labute approximate surface area is 65.3 Å². The van der Waals surface area contributed by atoms with Gasteiger partial charge in [0, 0.05) is 5.75 Å².